The van der Waals surface area contributed by atoms with Crippen LogP contribution in [0.2, 0.25) is 0 Å². The van der Waals surface area contributed by atoms with Crippen LogP contribution in [0.15, 0.2) is 59.8 Å². The molecule has 3 aromatic rings. The molecule has 0 atom stereocenters. The number of carbonyl (C=O) groups is 1. The van der Waals surface area contributed by atoms with E-state index in [0.717, 1.165) is 23.9 Å². The molecule has 1 saturated heterocycles. The summed E-state index contributed by atoms with van der Waals surface area (Å²) in [5.74, 6) is -0.149. The van der Waals surface area contributed by atoms with Crippen molar-refractivity contribution in [1.29, 1.82) is 0 Å². The van der Waals surface area contributed by atoms with Gasteiger partial charge in [0.1, 0.15) is 0 Å². The maximum atomic E-state index is 12.7. The number of amides is 1. The zero-order chi connectivity index (χ0) is 22.6. The molecule has 11 heteroatoms. The van der Waals surface area contributed by atoms with Crippen LogP contribution in [0.5, 0.6) is 0 Å². The molecular weight excluding hydrogens is 432 g/mol. The normalized spacial score (nSPS) is 15.1. The first-order chi connectivity index (χ1) is 15.5. The Bertz CT molecular complexity index is 1190. The highest BCUT2D eigenvalue weighted by atomic mass is 32.2. The van der Waals surface area contributed by atoms with Crippen LogP contribution in [-0.4, -0.2) is 73.7 Å². The van der Waals surface area contributed by atoms with Gasteiger partial charge in [0.25, 0.3) is 5.91 Å². The molecule has 32 heavy (non-hydrogen) atoms. The topological polar surface area (TPSA) is 128 Å². The van der Waals surface area contributed by atoms with E-state index >= 15 is 0 Å². The number of hydroxylamine groups is 1. The lowest BCUT2D eigenvalue weighted by Gasteiger charge is -2.34. The van der Waals surface area contributed by atoms with Gasteiger partial charge < -0.3 is 4.90 Å². The van der Waals surface area contributed by atoms with Gasteiger partial charge in [-0.15, -0.1) is 0 Å². The summed E-state index contributed by atoms with van der Waals surface area (Å²) in [6.07, 6.45) is 2.73. The molecule has 2 aromatic carbocycles. The number of benzene rings is 2. The monoisotopic (exact) mass is 456 g/mol. The fourth-order valence-corrected chi connectivity index (χ4v) is 4.65. The van der Waals surface area contributed by atoms with E-state index in [4.69, 9.17) is 5.21 Å². The summed E-state index contributed by atoms with van der Waals surface area (Å²) in [7, 11) is -3.58. The van der Waals surface area contributed by atoms with E-state index in [-0.39, 0.29) is 10.5 Å². The number of nitrogens with zero attached hydrogens (tertiary/aromatic N) is 4. The van der Waals surface area contributed by atoms with Crippen molar-refractivity contribution in [2.75, 3.05) is 44.2 Å². The van der Waals surface area contributed by atoms with E-state index < -0.39 is 15.9 Å². The number of carbonyl (C=O) groups excluding carboxylic acids is 1. The van der Waals surface area contributed by atoms with Crippen LogP contribution in [-0.2, 0) is 10.0 Å². The molecule has 1 amide bonds. The van der Waals surface area contributed by atoms with E-state index in [2.05, 4.69) is 19.6 Å². The van der Waals surface area contributed by atoms with Gasteiger partial charge in [0.05, 0.1) is 10.5 Å². The zero-order valence-corrected chi connectivity index (χ0v) is 18.1. The largest absolute Gasteiger partial charge is 0.338 e. The molecule has 0 bridgehead atoms. The predicted molar refractivity (Wildman–Crippen MR) is 119 cm³/mol. The molecule has 0 aliphatic carbocycles. The van der Waals surface area contributed by atoms with Crippen LogP contribution < -0.4 is 15.1 Å². The van der Waals surface area contributed by atoms with Crippen LogP contribution in [0.3, 0.4) is 0 Å². The van der Waals surface area contributed by atoms with Crippen molar-refractivity contribution in [3.8, 4) is 0 Å². The second-order valence-corrected chi connectivity index (χ2v) is 9.22. The van der Waals surface area contributed by atoms with Crippen LogP contribution in [0.1, 0.15) is 10.4 Å². The maximum absolute atomic E-state index is 12.7. The first-order valence-corrected chi connectivity index (χ1v) is 11.7. The molecule has 3 N–H and O–H groups in total. The number of sulfonamides is 1. The fraction of sp³-hybridized carbons (Fsp3) is 0.286. The smallest absolute Gasteiger partial charge is 0.277 e. The summed E-state index contributed by atoms with van der Waals surface area (Å²) in [5.41, 5.74) is 1.72. The first-order valence-electron chi connectivity index (χ1n) is 10.2. The molecule has 1 fully saturated rings. The molecule has 1 aliphatic heterocycles. The minimum atomic E-state index is -3.58. The summed E-state index contributed by atoms with van der Waals surface area (Å²) >= 11 is 0. The molecule has 1 aliphatic rings. The lowest BCUT2D eigenvalue weighted by atomic mass is 10.1. The Hall–Kier alpha value is -3.12. The van der Waals surface area contributed by atoms with Crippen molar-refractivity contribution >= 4 is 32.7 Å². The summed E-state index contributed by atoms with van der Waals surface area (Å²) in [4.78, 5) is 24.1. The summed E-state index contributed by atoms with van der Waals surface area (Å²) in [6.45, 7) is 3.75. The van der Waals surface area contributed by atoms with Crippen molar-refractivity contribution in [1.82, 2.24) is 25.1 Å². The van der Waals surface area contributed by atoms with Gasteiger partial charge in [-0.1, -0.05) is 30.3 Å². The summed E-state index contributed by atoms with van der Waals surface area (Å²) in [6, 6.07) is 12.8. The second kappa shape index (κ2) is 9.57. The first kappa shape index (κ1) is 22.1. The molecular formula is C21H24N6O4S. The van der Waals surface area contributed by atoms with Crippen LogP contribution in [0.4, 0.5) is 5.95 Å². The van der Waals surface area contributed by atoms with Gasteiger partial charge in [-0.3, -0.25) is 14.9 Å². The third-order valence-corrected chi connectivity index (χ3v) is 6.87. The molecule has 168 valence electrons. The van der Waals surface area contributed by atoms with E-state index in [1.165, 1.54) is 12.4 Å². The molecule has 0 saturated carbocycles. The van der Waals surface area contributed by atoms with E-state index in [0.29, 0.717) is 32.1 Å². The highest BCUT2D eigenvalue weighted by Gasteiger charge is 2.20. The lowest BCUT2D eigenvalue weighted by molar-refractivity contribution is 0.0705. The van der Waals surface area contributed by atoms with E-state index in [1.54, 1.807) is 17.6 Å². The van der Waals surface area contributed by atoms with Crippen LogP contribution in [0.25, 0.3) is 10.8 Å². The Kier molecular flexibility index (Phi) is 6.61. The third kappa shape index (κ3) is 5.02. The summed E-state index contributed by atoms with van der Waals surface area (Å²) < 4.78 is 28.0. The number of rotatable bonds is 7. The van der Waals surface area contributed by atoms with Gasteiger partial charge in [0.2, 0.25) is 16.0 Å². The molecule has 0 radical (unpaired) electrons. The quantitative estimate of drug-likeness (QED) is 0.353. The Balaban J connectivity index is 1.27. The van der Waals surface area contributed by atoms with Gasteiger partial charge in [-0.2, -0.15) is 0 Å². The Labute approximate surface area is 185 Å². The minimum Gasteiger partial charge on any atom is -0.338 e. The number of fused-ring (bicyclic) bond motifs is 1. The van der Waals surface area contributed by atoms with Crippen molar-refractivity contribution in [3.63, 3.8) is 0 Å². The van der Waals surface area contributed by atoms with Gasteiger partial charge >= 0.3 is 0 Å². The molecule has 4 rings (SSSR count). The Morgan fingerprint density at radius 1 is 1.00 bits per heavy atom. The second-order valence-electron chi connectivity index (χ2n) is 7.45. The Morgan fingerprint density at radius 3 is 2.38 bits per heavy atom. The molecule has 10 nitrogen and oxygen atoms in total. The SMILES string of the molecule is O=C(NO)c1cnc(N2CCN(CCNS(=O)(=O)c3ccc4ccccc4c3)CC2)nc1. The number of aromatic nitrogens is 2. The molecule has 1 aromatic heterocycles. The minimum absolute atomic E-state index is 0.175. The van der Waals surface area contributed by atoms with Crippen LogP contribution in [0, 0.1) is 0 Å². The zero-order valence-electron chi connectivity index (χ0n) is 17.3. The molecule has 0 spiro atoms. The third-order valence-electron chi connectivity index (χ3n) is 5.41. The number of anilines is 1. The van der Waals surface area contributed by atoms with Gasteiger partial charge in [-0.25, -0.2) is 28.6 Å². The van der Waals surface area contributed by atoms with Crippen molar-refractivity contribution in [3.05, 3.63) is 60.4 Å². The summed E-state index contributed by atoms with van der Waals surface area (Å²) in [5, 5.41) is 10.5. The van der Waals surface area contributed by atoms with Crippen LogP contribution >= 0.6 is 0 Å². The number of nitrogens with one attached hydrogen (secondary N) is 2. The van der Waals surface area contributed by atoms with Crippen molar-refractivity contribution in [2.24, 2.45) is 0 Å². The fourth-order valence-electron chi connectivity index (χ4n) is 3.59. The lowest BCUT2D eigenvalue weighted by Crippen LogP contribution is -2.49. The van der Waals surface area contributed by atoms with Gasteiger partial charge in [0, 0.05) is 51.7 Å². The standard InChI is InChI=1S/C21H24N6O4S/c28-20(25-29)18-14-22-21(23-15-18)27-11-9-26(10-12-27)8-7-24-32(30,31)19-6-5-16-3-1-2-4-17(16)13-19/h1-6,13-15,24,29H,7-12H2,(H,25,28). The predicted octanol–water partition coefficient (Wildman–Crippen LogP) is 0.849. The van der Waals surface area contributed by atoms with Crippen molar-refractivity contribution in [2.45, 2.75) is 4.90 Å². The molecule has 0 unspecified atom stereocenters. The highest BCUT2D eigenvalue weighted by Crippen LogP contribution is 2.18. The van der Waals surface area contributed by atoms with Gasteiger partial charge in [-0.05, 0) is 22.9 Å². The average molecular weight is 457 g/mol. The number of piperazine rings is 1. The number of hydrogen-bond acceptors (Lipinski definition) is 8. The van der Waals surface area contributed by atoms with Crippen molar-refractivity contribution < 1.29 is 18.4 Å². The Morgan fingerprint density at radius 2 is 1.69 bits per heavy atom. The average Bonchev–Trinajstić information content (AvgIpc) is 2.83. The number of hydrogen-bond donors (Lipinski definition) is 3. The highest BCUT2D eigenvalue weighted by molar-refractivity contribution is 7.89. The molecule has 2 heterocycles. The van der Waals surface area contributed by atoms with Gasteiger partial charge in [0.15, 0.2) is 0 Å². The van der Waals surface area contributed by atoms with E-state index in [1.807, 2.05) is 35.2 Å². The maximum Gasteiger partial charge on any atom is 0.277 e. The van der Waals surface area contributed by atoms with E-state index in [9.17, 15) is 13.2 Å².